The van der Waals surface area contributed by atoms with Crippen LogP contribution in [-0.4, -0.2) is 53.0 Å². The molecule has 128 valence electrons. The predicted molar refractivity (Wildman–Crippen MR) is 88.5 cm³/mol. The number of Topliss-reactive ketones (excluding diaryl/α,β-unsaturated/α-hetero) is 1. The number of ketones is 1. The summed E-state index contributed by atoms with van der Waals surface area (Å²) in [6, 6.07) is 5.68. The molecule has 1 saturated heterocycles. The summed E-state index contributed by atoms with van der Waals surface area (Å²) in [4.78, 5) is 33.4. The highest BCUT2D eigenvalue weighted by molar-refractivity contribution is 6.30. The van der Waals surface area contributed by atoms with Crippen LogP contribution in [0.2, 0.25) is 5.02 Å². The first-order chi connectivity index (χ1) is 11.3. The average molecular weight is 352 g/mol. The maximum Gasteiger partial charge on any atom is 0.328 e. The second-order valence-electron chi connectivity index (χ2n) is 5.96. The van der Waals surface area contributed by atoms with Gasteiger partial charge in [0.1, 0.15) is 0 Å². The third-order valence-corrected chi connectivity index (χ3v) is 4.39. The highest BCUT2D eigenvalue weighted by Gasteiger charge is 2.39. The summed E-state index contributed by atoms with van der Waals surface area (Å²) in [5.74, 6) is -1.25. The van der Waals surface area contributed by atoms with Gasteiger partial charge < -0.3 is 15.1 Å². The number of nitrogens with zero attached hydrogens (tertiary/aromatic N) is 1. The van der Waals surface area contributed by atoms with E-state index in [2.05, 4.69) is 11.9 Å². The first kappa shape index (κ1) is 18.2. The van der Waals surface area contributed by atoms with Gasteiger partial charge in [-0.1, -0.05) is 11.6 Å². The monoisotopic (exact) mass is 351 g/mol. The Bertz CT molecular complexity index is 684. The molecule has 2 N–H and O–H groups in total. The maximum absolute atomic E-state index is 12.0. The molecule has 1 aliphatic heterocycles. The van der Waals surface area contributed by atoms with E-state index in [1.165, 1.54) is 0 Å². The second kappa shape index (κ2) is 7.59. The van der Waals surface area contributed by atoms with Gasteiger partial charge in [-0.2, -0.15) is 0 Å². The van der Waals surface area contributed by atoms with E-state index in [0.717, 1.165) is 29.2 Å². The average Bonchev–Trinajstić information content (AvgIpc) is 2.86. The largest absolute Gasteiger partial charge is 0.478 e. The minimum atomic E-state index is -1.26. The van der Waals surface area contributed by atoms with Crippen molar-refractivity contribution in [3.05, 3.63) is 46.5 Å². The third-order valence-electron chi connectivity index (χ3n) is 4.15. The number of likely N-dealkylation sites (tertiary alicyclic amines) is 1. The molecule has 24 heavy (non-hydrogen) atoms. The van der Waals surface area contributed by atoms with Crippen LogP contribution in [0.15, 0.2) is 30.4 Å². The summed E-state index contributed by atoms with van der Waals surface area (Å²) >= 11 is 6.03. The summed E-state index contributed by atoms with van der Waals surface area (Å²) in [7, 11) is 2.12. The Kier molecular flexibility index (Phi) is 5.75. The van der Waals surface area contributed by atoms with E-state index in [4.69, 9.17) is 21.8 Å². The molecule has 0 spiro atoms. The summed E-state index contributed by atoms with van der Waals surface area (Å²) in [5, 5.41) is 16.4. The third kappa shape index (κ3) is 4.43. The molecule has 1 aliphatic carbocycles. The minimum absolute atomic E-state index is 0.281. The van der Waals surface area contributed by atoms with Gasteiger partial charge in [0.2, 0.25) is 0 Å². The van der Waals surface area contributed by atoms with Crippen LogP contribution in [0, 0.1) is 5.92 Å². The van der Waals surface area contributed by atoms with E-state index < -0.39 is 11.9 Å². The number of fused-ring (bicyclic) bond motifs is 3. The van der Waals surface area contributed by atoms with Crippen LogP contribution < -0.4 is 0 Å². The zero-order chi connectivity index (χ0) is 17.9. The normalized spacial score (nSPS) is 22.5. The van der Waals surface area contributed by atoms with Crippen molar-refractivity contribution in [3.63, 3.8) is 0 Å². The van der Waals surface area contributed by atoms with Crippen LogP contribution in [0.4, 0.5) is 0 Å². The number of carboxylic acid groups (broad SMARTS) is 2. The van der Waals surface area contributed by atoms with Crippen molar-refractivity contribution >= 4 is 29.3 Å². The number of carbonyl (C=O) groups excluding carboxylic acids is 1. The zero-order valence-electron chi connectivity index (χ0n) is 13.1. The number of hydrogen-bond acceptors (Lipinski definition) is 4. The molecular weight excluding hydrogens is 334 g/mol. The lowest BCUT2D eigenvalue weighted by Crippen LogP contribution is -2.23. The van der Waals surface area contributed by atoms with Crippen LogP contribution >= 0.6 is 11.6 Å². The quantitative estimate of drug-likeness (QED) is 0.794. The van der Waals surface area contributed by atoms with Crippen molar-refractivity contribution in [2.75, 3.05) is 20.1 Å². The van der Waals surface area contributed by atoms with Crippen LogP contribution in [-0.2, 0) is 9.59 Å². The number of benzene rings is 1. The highest BCUT2D eigenvalue weighted by Crippen LogP contribution is 2.41. The first-order valence-corrected chi connectivity index (χ1v) is 7.81. The van der Waals surface area contributed by atoms with Crippen LogP contribution in [0.25, 0.3) is 0 Å². The molecule has 0 amide bonds. The van der Waals surface area contributed by atoms with E-state index in [-0.39, 0.29) is 5.78 Å². The molecule has 1 heterocycles. The maximum atomic E-state index is 12.0. The molecule has 2 atom stereocenters. The fraction of sp³-hybridized carbons (Fsp3) is 0.353. The van der Waals surface area contributed by atoms with Gasteiger partial charge in [0.05, 0.1) is 0 Å². The second-order valence-corrected chi connectivity index (χ2v) is 6.39. The molecule has 0 unspecified atom stereocenters. The van der Waals surface area contributed by atoms with E-state index in [0.29, 0.717) is 30.4 Å². The molecule has 0 saturated carbocycles. The number of aliphatic carboxylic acids is 2. The van der Waals surface area contributed by atoms with Gasteiger partial charge >= 0.3 is 11.9 Å². The predicted octanol–water partition coefficient (Wildman–Crippen LogP) is 2.28. The van der Waals surface area contributed by atoms with Gasteiger partial charge in [-0.25, -0.2) is 9.59 Å². The van der Waals surface area contributed by atoms with Gasteiger partial charge in [0, 0.05) is 48.2 Å². The van der Waals surface area contributed by atoms with Crippen LogP contribution in [0.5, 0.6) is 0 Å². The smallest absolute Gasteiger partial charge is 0.328 e. The van der Waals surface area contributed by atoms with Gasteiger partial charge in [0.25, 0.3) is 0 Å². The molecule has 1 aromatic carbocycles. The number of halogens is 1. The van der Waals surface area contributed by atoms with Gasteiger partial charge in [-0.3, -0.25) is 4.79 Å². The lowest BCUT2D eigenvalue weighted by Gasteiger charge is -2.26. The van der Waals surface area contributed by atoms with Crippen molar-refractivity contribution in [1.82, 2.24) is 4.90 Å². The van der Waals surface area contributed by atoms with Crippen LogP contribution in [0.1, 0.15) is 28.3 Å². The fourth-order valence-corrected chi connectivity index (χ4v) is 3.41. The van der Waals surface area contributed by atoms with Crippen molar-refractivity contribution in [3.8, 4) is 0 Å². The molecule has 0 bridgehead atoms. The number of carboxylic acids is 2. The summed E-state index contributed by atoms with van der Waals surface area (Å²) < 4.78 is 0. The SMILES string of the molecule is CN1C[C@@H]2CC(=O)c3ccc(Cl)cc3[C@@H]2C1.O=C(O)C=CC(=O)O. The minimum Gasteiger partial charge on any atom is -0.478 e. The van der Waals surface area contributed by atoms with Crippen LogP contribution in [0.3, 0.4) is 0 Å². The number of carbonyl (C=O) groups is 3. The van der Waals surface area contributed by atoms with Gasteiger partial charge in [-0.05, 0) is 36.7 Å². The summed E-state index contributed by atoms with van der Waals surface area (Å²) in [6.07, 6.45) is 1.81. The Hall–Kier alpha value is -2.18. The molecule has 3 rings (SSSR count). The van der Waals surface area contributed by atoms with Gasteiger partial charge in [-0.15, -0.1) is 0 Å². The van der Waals surface area contributed by atoms with Crippen molar-refractivity contribution in [1.29, 1.82) is 0 Å². The molecule has 7 heteroatoms. The van der Waals surface area contributed by atoms with Crippen molar-refractivity contribution in [2.24, 2.45) is 5.92 Å². The fourth-order valence-electron chi connectivity index (χ4n) is 3.23. The van der Waals surface area contributed by atoms with E-state index in [1.54, 1.807) is 0 Å². The summed E-state index contributed by atoms with van der Waals surface area (Å²) in [6.45, 7) is 2.08. The Morgan fingerprint density at radius 1 is 1.21 bits per heavy atom. The molecule has 1 fully saturated rings. The Labute approximate surface area is 144 Å². The molecular formula is C17H18ClNO5. The molecule has 1 aromatic rings. The van der Waals surface area contributed by atoms with Crippen molar-refractivity contribution in [2.45, 2.75) is 12.3 Å². The van der Waals surface area contributed by atoms with E-state index in [1.807, 2.05) is 18.2 Å². The number of rotatable bonds is 2. The lowest BCUT2D eigenvalue weighted by atomic mass is 9.76. The Balaban J connectivity index is 0.000000224. The molecule has 0 aromatic heterocycles. The zero-order valence-corrected chi connectivity index (χ0v) is 13.9. The Morgan fingerprint density at radius 2 is 1.83 bits per heavy atom. The number of hydrogen-bond donors (Lipinski definition) is 2. The van der Waals surface area contributed by atoms with Gasteiger partial charge in [0.15, 0.2) is 5.78 Å². The highest BCUT2D eigenvalue weighted by atomic mass is 35.5. The van der Waals surface area contributed by atoms with E-state index in [9.17, 15) is 14.4 Å². The Morgan fingerprint density at radius 3 is 2.42 bits per heavy atom. The topological polar surface area (TPSA) is 94.9 Å². The standard InChI is InChI=1S/C13H14ClNO.C4H4O4/c1-15-6-8-4-13(16)10-3-2-9(14)5-11(10)12(8)7-15;5-3(6)1-2-4(7)8/h2-3,5,8,12H,4,6-7H2,1H3;1-2H,(H,5,6)(H,7,8)/t8-,12+;/m0./s1. The molecule has 0 radical (unpaired) electrons. The molecule has 2 aliphatic rings. The number of likely N-dealkylation sites (N-methyl/N-ethyl adjacent to an activating group) is 1. The summed E-state index contributed by atoms with van der Waals surface area (Å²) in [5.41, 5.74) is 2.05. The van der Waals surface area contributed by atoms with E-state index >= 15 is 0 Å². The van der Waals surface area contributed by atoms with Crippen molar-refractivity contribution < 1.29 is 24.6 Å². The lowest BCUT2D eigenvalue weighted by molar-refractivity contribution is -0.134. The first-order valence-electron chi connectivity index (χ1n) is 7.43. The molecule has 6 nitrogen and oxygen atoms in total.